The Bertz CT molecular complexity index is 696. The molecule has 0 radical (unpaired) electrons. The molecule has 1 saturated heterocycles. The van der Waals surface area contributed by atoms with Crippen molar-refractivity contribution in [3.8, 4) is 0 Å². The Morgan fingerprint density at radius 3 is 3.00 bits per heavy atom. The first-order chi connectivity index (χ1) is 11.0. The number of H-pyrrole nitrogens is 2. The predicted molar refractivity (Wildman–Crippen MR) is 78.3 cm³/mol. The first kappa shape index (κ1) is 15.8. The van der Waals surface area contributed by atoms with Crippen LogP contribution >= 0.6 is 0 Å². The highest BCUT2D eigenvalue weighted by molar-refractivity contribution is 4.92. The molecule has 2 aromatic heterocycles. The summed E-state index contributed by atoms with van der Waals surface area (Å²) in [4.78, 5) is 21.9. The van der Waals surface area contributed by atoms with E-state index < -0.39 is 6.17 Å². The van der Waals surface area contributed by atoms with Crippen molar-refractivity contribution in [3.63, 3.8) is 0 Å². The van der Waals surface area contributed by atoms with Crippen molar-refractivity contribution in [3.05, 3.63) is 28.0 Å². The number of nitrogens with zero attached hydrogens (tertiary/aromatic N) is 5. The van der Waals surface area contributed by atoms with Crippen molar-refractivity contribution < 1.29 is 8.91 Å². The average molecular weight is 325 g/mol. The third kappa shape index (κ3) is 4.02. The molecule has 1 aliphatic heterocycles. The number of hydrogen-bond acceptors (Lipinski definition) is 7. The number of halogens is 1. The molecule has 2 atom stereocenters. The Morgan fingerprint density at radius 1 is 1.52 bits per heavy atom. The van der Waals surface area contributed by atoms with Gasteiger partial charge < -0.3 is 4.52 Å². The minimum Gasteiger partial charge on any atom is -0.340 e. The van der Waals surface area contributed by atoms with Crippen LogP contribution in [0, 0.1) is 6.92 Å². The van der Waals surface area contributed by atoms with E-state index in [0.29, 0.717) is 50.1 Å². The number of likely N-dealkylation sites (tertiary alicyclic amines) is 1. The molecule has 0 amide bonds. The Balaban J connectivity index is 1.59. The van der Waals surface area contributed by atoms with E-state index in [2.05, 4.69) is 25.3 Å². The molecule has 3 heterocycles. The summed E-state index contributed by atoms with van der Waals surface area (Å²) in [6, 6.07) is 0.0551. The van der Waals surface area contributed by atoms with Crippen molar-refractivity contribution in [2.75, 3.05) is 20.1 Å². The van der Waals surface area contributed by atoms with E-state index in [1.165, 1.54) is 0 Å². The molecule has 126 valence electrons. The van der Waals surface area contributed by atoms with Crippen LogP contribution in [0.3, 0.4) is 0 Å². The third-order valence-electron chi connectivity index (χ3n) is 3.88. The zero-order valence-electron chi connectivity index (χ0n) is 13.1. The number of aromatic nitrogens is 5. The molecule has 10 heteroatoms. The van der Waals surface area contributed by atoms with Gasteiger partial charge in [0, 0.05) is 26.1 Å². The summed E-state index contributed by atoms with van der Waals surface area (Å²) in [7, 11) is 1.91. The van der Waals surface area contributed by atoms with Crippen LogP contribution < -0.4 is 5.69 Å². The number of likely N-dealkylation sites (N-methyl/N-ethyl adjacent to an activating group) is 1. The fourth-order valence-corrected chi connectivity index (χ4v) is 2.95. The number of alkyl halides is 1. The Hall–Kier alpha value is -2.07. The van der Waals surface area contributed by atoms with Crippen molar-refractivity contribution in [1.82, 2.24) is 35.1 Å². The molecular weight excluding hydrogens is 305 g/mol. The van der Waals surface area contributed by atoms with E-state index in [4.69, 9.17) is 4.52 Å². The number of nitrogens with one attached hydrogen (secondary N) is 2. The minimum atomic E-state index is -0.855. The molecule has 0 spiro atoms. The van der Waals surface area contributed by atoms with Crippen LogP contribution in [0.4, 0.5) is 4.39 Å². The average Bonchev–Trinajstić information content (AvgIpc) is 3.14. The van der Waals surface area contributed by atoms with Gasteiger partial charge in [-0.2, -0.15) is 10.1 Å². The van der Waals surface area contributed by atoms with Crippen LogP contribution in [0.2, 0.25) is 0 Å². The van der Waals surface area contributed by atoms with Gasteiger partial charge in [-0.05, 0) is 13.5 Å². The second-order valence-electron chi connectivity index (χ2n) is 5.97. The van der Waals surface area contributed by atoms with Gasteiger partial charge in [-0.15, -0.1) is 0 Å². The number of aryl methyl sites for hydroxylation is 1. The number of rotatable bonds is 6. The molecule has 23 heavy (non-hydrogen) atoms. The molecule has 1 fully saturated rings. The molecule has 3 rings (SSSR count). The Kier molecular flexibility index (Phi) is 4.53. The van der Waals surface area contributed by atoms with Crippen molar-refractivity contribution >= 4 is 0 Å². The fraction of sp³-hybridized carbons (Fsp3) is 0.692. The van der Waals surface area contributed by atoms with Crippen LogP contribution in [0.15, 0.2) is 9.32 Å². The SMILES string of the molecule is Cc1nc(CN2C[C@@H](F)C[C@H]2CN(C)Cc2n[nH]c(=O)[nH]2)no1. The second-order valence-corrected chi connectivity index (χ2v) is 5.97. The lowest BCUT2D eigenvalue weighted by atomic mass is 10.2. The van der Waals surface area contributed by atoms with Gasteiger partial charge in [-0.3, -0.25) is 14.8 Å². The van der Waals surface area contributed by atoms with Crippen molar-refractivity contribution in [2.24, 2.45) is 0 Å². The standard InChI is InChI=1S/C13H20FN7O2/c1-8-15-12(19-23-8)7-21-4-9(14)3-10(21)5-20(2)6-11-16-13(22)18-17-11/h9-10H,3-7H2,1-2H3,(H2,16,17,18,22)/t9-,10-/m0/s1. The molecule has 0 aromatic carbocycles. The maximum atomic E-state index is 13.8. The molecule has 0 unspecified atom stereocenters. The zero-order chi connectivity index (χ0) is 16.4. The summed E-state index contributed by atoms with van der Waals surface area (Å²) in [6.07, 6.45) is -0.385. The zero-order valence-corrected chi connectivity index (χ0v) is 13.1. The van der Waals surface area contributed by atoms with E-state index in [9.17, 15) is 9.18 Å². The predicted octanol–water partition coefficient (Wildman–Crippen LogP) is -0.166. The molecule has 0 aliphatic carbocycles. The number of aromatic amines is 2. The topological polar surface area (TPSA) is 107 Å². The Morgan fingerprint density at radius 2 is 2.35 bits per heavy atom. The quantitative estimate of drug-likeness (QED) is 0.759. The highest BCUT2D eigenvalue weighted by Gasteiger charge is 2.33. The van der Waals surface area contributed by atoms with Gasteiger partial charge in [0.05, 0.1) is 13.1 Å². The summed E-state index contributed by atoms with van der Waals surface area (Å²) in [5.41, 5.74) is -0.327. The van der Waals surface area contributed by atoms with Crippen LogP contribution in [-0.2, 0) is 13.1 Å². The van der Waals surface area contributed by atoms with Gasteiger partial charge in [0.25, 0.3) is 0 Å². The molecule has 0 bridgehead atoms. The molecule has 2 N–H and O–H groups in total. The molecular formula is C13H20FN7O2. The van der Waals surface area contributed by atoms with E-state index in [1.807, 2.05) is 16.8 Å². The number of hydrogen-bond donors (Lipinski definition) is 2. The lowest BCUT2D eigenvalue weighted by Gasteiger charge is -2.26. The second kappa shape index (κ2) is 6.59. The van der Waals surface area contributed by atoms with E-state index >= 15 is 0 Å². The summed E-state index contributed by atoms with van der Waals surface area (Å²) in [5.74, 6) is 1.64. The van der Waals surface area contributed by atoms with E-state index in [-0.39, 0.29) is 11.7 Å². The first-order valence-electron chi connectivity index (χ1n) is 7.49. The summed E-state index contributed by atoms with van der Waals surface area (Å²) < 4.78 is 18.8. The maximum absolute atomic E-state index is 13.8. The monoisotopic (exact) mass is 325 g/mol. The van der Waals surface area contributed by atoms with Gasteiger partial charge in [0.2, 0.25) is 5.89 Å². The van der Waals surface area contributed by atoms with E-state index in [1.54, 1.807) is 6.92 Å². The highest BCUT2D eigenvalue weighted by atomic mass is 19.1. The third-order valence-corrected chi connectivity index (χ3v) is 3.88. The molecule has 0 saturated carbocycles. The van der Waals surface area contributed by atoms with Crippen molar-refractivity contribution in [2.45, 2.75) is 38.6 Å². The van der Waals surface area contributed by atoms with Crippen molar-refractivity contribution in [1.29, 1.82) is 0 Å². The lowest BCUT2D eigenvalue weighted by molar-refractivity contribution is 0.174. The van der Waals surface area contributed by atoms with Gasteiger partial charge in [-0.1, -0.05) is 5.16 Å². The highest BCUT2D eigenvalue weighted by Crippen LogP contribution is 2.23. The molecule has 2 aromatic rings. The van der Waals surface area contributed by atoms with Crippen LogP contribution in [0.5, 0.6) is 0 Å². The Labute approximate surface area is 131 Å². The first-order valence-corrected chi connectivity index (χ1v) is 7.49. The van der Waals surface area contributed by atoms with E-state index in [0.717, 1.165) is 0 Å². The smallest absolute Gasteiger partial charge is 0.340 e. The molecule has 1 aliphatic rings. The summed E-state index contributed by atoms with van der Waals surface area (Å²) in [5, 5.41) is 10.1. The maximum Gasteiger partial charge on any atom is 0.340 e. The van der Waals surface area contributed by atoms with Crippen LogP contribution in [-0.4, -0.2) is 67.5 Å². The summed E-state index contributed by atoms with van der Waals surface area (Å²) in [6.45, 7) is 3.71. The largest absolute Gasteiger partial charge is 0.340 e. The fourth-order valence-electron chi connectivity index (χ4n) is 2.95. The van der Waals surface area contributed by atoms with Gasteiger partial charge in [-0.25, -0.2) is 14.3 Å². The molecule has 9 nitrogen and oxygen atoms in total. The normalized spacial score (nSPS) is 22.3. The lowest BCUT2D eigenvalue weighted by Crippen LogP contribution is -2.38. The van der Waals surface area contributed by atoms with Crippen LogP contribution in [0.1, 0.15) is 24.0 Å². The van der Waals surface area contributed by atoms with Gasteiger partial charge >= 0.3 is 5.69 Å². The van der Waals surface area contributed by atoms with Gasteiger partial charge in [0.1, 0.15) is 12.0 Å². The van der Waals surface area contributed by atoms with Gasteiger partial charge in [0.15, 0.2) is 5.82 Å². The minimum absolute atomic E-state index is 0.0551. The van der Waals surface area contributed by atoms with Crippen LogP contribution in [0.25, 0.3) is 0 Å². The summed E-state index contributed by atoms with van der Waals surface area (Å²) >= 11 is 0.